The third-order valence-corrected chi connectivity index (χ3v) is 4.20. The van der Waals surface area contributed by atoms with E-state index >= 15 is 0 Å². The Labute approximate surface area is 115 Å². The van der Waals surface area contributed by atoms with Crippen LogP contribution in [-0.4, -0.2) is 25.2 Å². The van der Waals surface area contributed by atoms with Crippen LogP contribution in [0.5, 0.6) is 0 Å². The summed E-state index contributed by atoms with van der Waals surface area (Å²) in [6.07, 6.45) is 2.23. The summed E-state index contributed by atoms with van der Waals surface area (Å²) in [7, 11) is 1.73. The fourth-order valence-electron chi connectivity index (χ4n) is 1.65. The van der Waals surface area contributed by atoms with Gasteiger partial charge in [-0.15, -0.1) is 11.3 Å². The molecule has 1 heterocycles. The van der Waals surface area contributed by atoms with Crippen molar-refractivity contribution in [2.24, 2.45) is 0 Å². The molecule has 0 spiro atoms. The Hall–Kier alpha value is -0.450. The number of methoxy groups -OCH3 is 1. The summed E-state index contributed by atoms with van der Waals surface area (Å²) in [6, 6.07) is 0. The Balaban J connectivity index is 2.71. The zero-order valence-corrected chi connectivity index (χ0v) is 13.1. The Morgan fingerprint density at radius 1 is 1.33 bits per heavy atom. The fraction of sp³-hybridized carbons (Fsp3) is 0.786. The van der Waals surface area contributed by atoms with Gasteiger partial charge in [-0.2, -0.15) is 0 Å². The highest BCUT2D eigenvalue weighted by atomic mass is 32.1. The zero-order chi connectivity index (χ0) is 13.6. The summed E-state index contributed by atoms with van der Waals surface area (Å²) < 4.78 is 5.04. The Kier molecular flexibility index (Phi) is 6.26. The van der Waals surface area contributed by atoms with Crippen molar-refractivity contribution >= 4 is 11.3 Å². The maximum atomic E-state index is 5.04. The first-order valence-electron chi connectivity index (χ1n) is 6.67. The van der Waals surface area contributed by atoms with Crippen molar-refractivity contribution in [3.05, 3.63) is 15.6 Å². The van der Waals surface area contributed by atoms with Crippen molar-refractivity contribution < 1.29 is 4.74 Å². The molecule has 0 saturated heterocycles. The van der Waals surface area contributed by atoms with Gasteiger partial charge in [0.2, 0.25) is 0 Å². The van der Waals surface area contributed by atoms with Crippen LogP contribution in [0.4, 0.5) is 0 Å². The van der Waals surface area contributed by atoms with Crippen molar-refractivity contribution in [1.29, 1.82) is 0 Å². The second-order valence-corrected chi connectivity index (χ2v) is 6.64. The Bertz CT molecular complexity index is 355. The van der Waals surface area contributed by atoms with Crippen LogP contribution >= 0.6 is 11.3 Å². The molecule has 1 aromatic heterocycles. The SMILES string of the molecule is CCCc1nc(C(C)(C)C)sc1CNCCOC. The molecular formula is C14H26N2OS. The standard InChI is InChI=1S/C14H26N2OS/c1-6-7-11-12(10-15-8-9-17-5)18-13(16-11)14(2,3)4/h15H,6-10H2,1-5H3. The molecule has 3 nitrogen and oxygen atoms in total. The molecule has 0 aliphatic carbocycles. The van der Waals surface area contributed by atoms with Crippen LogP contribution in [0.3, 0.4) is 0 Å². The molecule has 0 unspecified atom stereocenters. The van der Waals surface area contributed by atoms with Crippen LogP contribution in [0.25, 0.3) is 0 Å². The lowest BCUT2D eigenvalue weighted by atomic mass is 9.98. The monoisotopic (exact) mass is 270 g/mol. The van der Waals surface area contributed by atoms with Crippen LogP contribution < -0.4 is 5.32 Å². The topological polar surface area (TPSA) is 34.2 Å². The van der Waals surface area contributed by atoms with Crippen LogP contribution in [0.2, 0.25) is 0 Å². The van der Waals surface area contributed by atoms with Gasteiger partial charge in [-0.05, 0) is 6.42 Å². The minimum absolute atomic E-state index is 0.151. The van der Waals surface area contributed by atoms with Gasteiger partial charge in [0.15, 0.2) is 0 Å². The number of ether oxygens (including phenoxy) is 1. The average Bonchev–Trinajstić information content (AvgIpc) is 2.68. The van der Waals surface area contributed by atoms with E-state index in [1.807, 2.05) is 11.3 Å². The normalized spacial score (nSPS) is 12.1. The highest BCUT2D eigenvalue weighted by Gasteiger charge is 2.20. The van der Waals surface area contributed by atoms with Gasteiger partial charge in [0, 0.05) is 30.5 Å². The molecule has 1 N–H and O–H groups in total. The van der Waals surface area contributed by atoms with Crippen LogP contribution in [0, 0.1) is 0 Å². The minimum Gasteiger partial charge on any atom is -0.383 e. The van der Waals surface area contributed by atoms with Crippen LogP contribution in [-0.2, 0) is 23.1 Å². The Morgan fingerprint density at radius 3 is 2.61 bits per heavy atom. The van der Waals surface area contributed by atoms with Crippen molar-refractivity contribution in [2.75, 3.05) is 20.3 Å². The number of aromatic nitrogens is 1. The van der Waals surface area contributed by atoms with E-state index in [2.05, 4.69) is 33.0 Å². The van der Waals surface area contributed by atoms with E-state index in [1.165, 1.54) is 15.6 Å². The lowest BCUT2D eigenvalue weighted by Gasteiger charge is -2.13. The van der Waals surface area contributed by atoms with Gasteiger partial charge < -0.3 is 10.1 Å². The first-order valence-corrected chi connectivity index (χ1v) is 7.49. The third kappa shape index (κ3) is 4.67. The smallest absolute Gasteiger partial charge is 0.0985 e. The van der Waals surface area contributed by atoms with Gasteiger partial charge in [0.1, 0.15) is 0 Å². The summed E-state index contributed by atoms with van der Waals surface area (Å²) in [6.45, 7) is 11.4. The molecule has 18 heavy (non-hydrogen) atoms. The number of hydrogen-bond acceptors (Lipinski definition) is 4. The maximum Gasteiger partial charge on any atom is 0.0985 e. The van der Waals surface area contributed by atoms with Gasteiger partial charge in [-0.1, -0.05) is 34.1 Å². The van der Waals surface area contributed by atoms with Crippen molar-refractivity contribution in [1.82, 2.24) is 10.3 Å². The van der Waals surface area contributed by atoms with Gasteiger partial charge >= 0.3 is 0 Å². The minimum atomic E-state index is 0.151. The molecule has 0 aromatic carbocycles. The molecule has 0 fully saturated rings. The summed E-state index contributed by atoms with van der Waals surface area (Å²) in [5.41, 5.74) is 1.43. The molecule has 4 heteroatoms. The lowest BCUT2D eigenvalue weighted by Crippen LogP contribution is -2.18. The van der Waals surface area contributed by atoms with E-state index in [1.54, 1.807) is 7.11 Å². The van der Waals surface area contributed by atoms with Crippen molar-refractivity contribution in [3.8, 4) is 0 Å². The predicted molar refractivity (Wildman–Crippen MR) is 78.4 cm³/mol. The summed E-state index contributed by atoms with van der Waals surface area (Å²) in [5.74, 6) is 0. The molecular weight excluding hydrogens is 244 g/mol. The van der Waals surface area contributed by atoms with Gasteiger partial charge in [0.05, 0.1) is 17.3 Å². The van der Waals surface area contributed by atoms with E-state index in [4.69, 9.17) is 9.72 Å². The molecule has 0 atom stereocenters. The number of aryl methyl sites for hydroxylation is 1. The molecule has 0 amide bonds. The first-order chi connectivity index (χ1) is 8.49. The summed E-state index contributed by atoms with van der Waals surface area (Å²) in [5, 5.41) is 4.66. The average molecular weight is 270 g/mol. The number of nitrogens with one attached hydrogen (secondary N) is 1. The largest absolute Gasteiger partial charge is 0.383 e. The zero-order valence-electron chi connectivity index (χ0n) is 12.3. The molecule has 0 aliphatic heterocycles. The highest BCUT2D eigenvalue weighted by Crippen LogP contribution is 2.29. The molecule has 1 aromatic rings. The number of nitrogens with zero attached hydrogens (tertiary/aromatic N) is 1. The van der Waals surface area contributed by atoms with E-state index in [9.17, 15) is 0 Å². The molecule has 104 valence electrons. The molecule has 0 aliphatic rings. The quantitative estimate of drug-likeness (QED) is 0.773. The van der Waals surface area contributed by atoms with E-state index < -0.39 is 0 Å². The predicted octanol–water partition coefficient (Wildman–Crippen LogP) is 3.13. The van der Waals surface area contributed by atoms with Crippen LogP contribution in [0.15, 0.2) is 0 Å². The fourth-order valence-corrected chi connectivity index (χ4v) is 2.79. The van der Waals surface area contributed by atoms with Crippen molar-refractivity contribution in [2.45, 2.75) is 52.5 Å². The Morgan fingerprint density at radius 2 is 2.06 bits per heavy atom. The summed E-state index contributed by atoms with van der Waals surface area (Å²) in [4.78, 5) is 6.20. The number of hydrogen-bond donors (Lipinski definition) is 1. The van der Waals surface area contributed by atoms with E-state index in [0.29, 0.717) is 0 Å². The van der Waals surface area contributed by atoms with Gasteiger partial charge in [-0.3, -0.25) is 0 Å². The van der Waals surface area contributed by atoms with E-state index in [-0.39, 0.29) is 5.41 Å². The van der Waals surface area contributed by atoms with Gasteiger partial charge in [-0.25, -0.2) is 4.98 Å². The number of thiazole rings is 1. The molecule has 0 radical (unpaired) electrons. The molecule has 0 saturated carbocycles. The third-order valence-electron chi connectivity index (χ3n) is 2.68. The second kappa shape index (κ2) is 7.22. The maximum absolute atomic E-state index is 5.04. The van der Waals surface area contributed by atoms with Crippen LogP contribution in [0.1, 0.15) is 49.7 Å². The lowest BCUT2D eigenvalue weighted by molar-refractivity contribution is 0.199. The van der Waals surface area contributed by atoms with Crippen molar-refractivity contribution in [3.63, 3.8) is 0 Å². The first kappa shape index (κ1) is 15.6. The number of rotatable bonds is 7. The van der Waals surface area contributed by atoms with Gasteiger partial charge in [0.25, 0.3) is 0 Å². The highest BCUT2D eigenvalue weighted by molar-refractivity contribution is 7.11. The van der Waals surface area contributed by atoms with E-state index in [0.717, 1.165) is 32.5 Å². The molecule has 0 bridgehead atoms. The molecule has 1 rings (SSSR count). The summed E-state index contributed by atoms with van der Waals surface area (Å²) >= 11 is 1.85. The second-order valence-electron chi connectivity index (χ2n) is 5.56.